The molecule has 1 amide bonds. The first-order chi connectivity index (χ1) is 10.5. The van der Waals surface area contributed by atoms with Crippen LogP contribution in [0.3, 0.4) is 0 Å². The molecule has 0 spiro atoms. The highest BCUT2D eigenvalue weighted by Crippen LogP contribution is 2.17. The molecule has 0 aliphatic carbocycles. The molecule has 2 N–H and O–H groups in total. The van der Waals surface area contributed by atoms with Crippen LogP contribution >= 0.6 is 12.4 Å². The third-order valence-corrected chi connectivity index (χ3v) is 3.02. The topological polar surface area (TPSA) is 68.7 Å². The number of hydrogen-bond acceptors (Lipinski definition) is 4. The lowest BCUT2D eigenvalue weighted by Crippen LogP contribution is -2.25. The van der Waals surface area contributed by atoms with Gasteiger partial charge in [0.25, 0.3) is 5.91 Å². The molecule has 0 aliphatic heterocycles. The van der Waals surface area contributed by atoms with E-state index < -0.39 is 6.61 Å². The number of hydrogen-bond donors (Lipinski definition) is 1. The van der Waals surface area contributed by atoms with Crippen molar-refractivity contribution < 1.29 is 22.7 Å². The summed E-state index contributed by atoms with van der Waals surface area (Å²) in [7, 11) is 1.64. The van der Waals surface area contributed by atoms with Gasteiger partial charge in [-0.3, -0.25) is 4.79 Å². The second-order valence-electron chi connectivity index (χ2n) is 4.69. The molecular formula is C15H17ClF2N2O3. The van der Waals surface area contributed by atoms with Crippen molar-refractivity contribution in [2.24, 2.45) is 5.73 Å². The van der Waals surface area contributed by atoms with E-state index >= 15 is 0 Å². The lowest BCUT2D eigenvalue weighted by molar-refractivity contribution is -0.0498. The van der Waals surface area contributed by atoms with E-state index in [-0.39, 0.29) is 30.6 Å². The van der Waals surface area contributed by atoms with Crippen LogP contribution in [0, 0.1) is 0 Å². The van der Waals surface area contributed by atoms with Crippen molar-refractivity contribution in [3.63, 3.8) is 0 Å². The van der Waals surface area contributed by atoms with E-state index in [2.05, 4.69) is 4.74 Å². The van der Waals surface area contributed by atoms with Gasteiger partial charge < -0.3 is 19.8 Å². The highest BCUT2D eigenvalue weighted by atomic mass is 35.5. The maximum Gasteiger partial charge on any atom is 0.387 e. The van der Waals surface area contributed by atoms with Crippen LogP contribution in [0.5, 0.6) is 5.75 Å². The number of benzene rings is 1. The van der Waals surface area contributed by atoms with Gasteiger partial charge in [0.1, 0.15) is 17.8 Å². The van der Waals surface area contributed by atoms with Crippen molar-refractivity contribution in [3.05, 3.63) is 53.5 Å². The van der Waals surface area contributed by atoms with Gasteiger partial charge in [0, 0.05) is 13.6 Å². The molecule has 1 aromatic heterocycles. The summed E-state index contributed by atoms with van der Waals surface area (Å²) in [5.74, 6) is 0.400. The molecule has 126 valence electrons. The molecule has 0 saturated heterocycles. The number of rotatable bonds is 6. The fourth-order valence-electron chi connectivity index (χ4n) is 1.94. The summed E-state index contributed by atoms with van der Waals surface area (Å²) in [6, 6.07) is 7.72. The predicted molar refractivity (Wildman–Crippen MR) is 82.7 cm³/mol. The van der Waals surface area contributed by atoms with Gasteiger partial charge in [-0.2, -0.15) is 8.78 Å². The van der Waals surface area contributed by atoms with Crippen molar-refractivity contribution in [1.29, 1.82) is 0 Å². The first kappa shape index (κ1) is 18.9. The number of alkyl halides is 2. The normalized spacial score (nSPS) is 10.3. The van der Waals surface area contributed by atoms with Crippen molar-refractivity contribution in [2.75, 3.05) is 7.05 Å². The smallest absolute Gasteiger partial charge is 0.387 e. The summed E-state index contributed by atoms with van der Waals surface area (Å²) in [6.45, 7) is -2.30. The van der Waals surface area contributed by atoms with E-state index in [4.69, 9.17) is 10.2 Å². The average molecular weight is 347 g/mol. The van der Waals surface area contributed by atoms with Crippen LogP contribution in [0.25, 0.3) is 0 Å². The minimum absolute atomic E-state index is 0. The summed E-state index contributed by atoms with van der Waals surface area (Å²) >= 11 is 0. The van der Waals surface area contributed by atoms with Gasteiger partial charge in [-0.15, -0.1) is 12.4 Å². The first-order valence-corrected chi connectivity index (χ1v) is 6.56. The molecule has 2 aromatic rings. The Bertz CT molecular complexity index is 632. The quantitative estimate of drug-likeness (QED) is 0.873. The Morgan fingerprint density at radius 3 is 2.52 bits per heavy atom. The van der Waals surface area contributed by atoms with E-state index in [0.29, 0.717) is 17.9 Å². The van der Waals surface area contributed by atoms with E-state index in [0.717, 1.165) is 5.56 Å². The zero-order chi connectivity index (χ0) is 16.1. The number of nitrogens with zero attached hydrogens (tertiary/aromatic N) is 1. The predicted octanol–water partition coefficient (Wildman–Crippen LogP) is 3.03. The summed E-state index contributed by atoms with van der Waals surface area (Å²) in [5.41, 5.74) is 6.64. The molecule has 1 heterocycles. The maximum absolute atomic E-state index is 12.2. The van der Waals surface area contributed by atoms with E-state index in [1.807, 2.05) is 0 Å². The van der Waals surface area contributed by atoms with Crippen LogP contribution in [0.1, 0.15) is 21.7 Å². The molecule has 0 atom stereocenters. The molecule has 0 fully saturated rings. The summed E-state index contributed by atoms with van der Waals surface area (Å²) in [6.07, 6.45) is 1.36. The lowest BCUT2D eigenvalue weighted by Gasteiger charge is -2.16. The minimum atomic E-state index is -2.85. The van der Waals surface area contributed by atoms with Crippen LogP contribution in [0.2, 0.25) is 0 Å². The highest BCUT2D eigenvalue weighted by molar-refractivity contribution is 5.93. The number of halogens is 3. The van der Waals surface area contributed by atoms with Crippen molar-refractivity contribution in [3.8, 4) is 5.75 Å². The van der Waals surface area contributed by atoms with E-state index in [1.54, 1.807) is 25.2 Å². The Balaban J connectivity index is 0.00000264. The third kappa shape index (κ3) is 5.22. The number of furan rings is 1. The van der Waals surface area contributed by atoms with Crippen LogP contribution in [-0.2, 0) is 13.1 Å². The molecule has 0 aliphatic rings. The van der Waals surface area contributed by atoms with Crippen LogP contribution in [0.4, 0.5) is 8.78 Å². The number of nitrogens with two attached hydrogens (primary N) is 1. The Morgan fingerprint density at radius 1 is 1.35 bits per heavy atom. The standard InChI is InChI=1S/C15H16F2N2O3.ClH/c1-19(14(20)11-6-13(7-18)21-9-11)8-10-2-4-12(5-3-10)22-15(16)17;/h2-6,9,15H,7-8,18H2,1H3;1H. The Labute approximate surface area is 138 Å². The third-order valence-electron chi connectivity index (χ3n) is 3.02. The minimum Gasteiger partial charge on any atom is -0.467 e. The average Bonchev–Trinajstić information content (AvgIpc) is 2.97. The number of carbonyl (C=O) groups is 1. The van der Waals surface area contributed by atoms with E-state index in [1.165, 1.54) is 23.3 Å². The molecule has 2 rings (SSSR count). The summed E-state index contributed by atoms with van der Waals surface area (Å²) in [5, 5.41) is 0. The summed E-state index contributed by atoms with van der Waals surface area (Å²) < 4.78 is 33.5. The van der Waals surface area contributed by atoms with Crippen LogP contribution in [-0.4, -0.2) is 24.5 Å². The SMILES string of the molecule is CN(Cc1ccc(OC(F)F)cc1)C(=O)c1coc(CN)c1.Cl. The molecule has 8 heteroatoms. The van der Waals surface area contributed by atoms with Crippen LogP contribution in [0.15, 0.2) is 41.0 Å². The fourth-order valence-corrected chi connectivity index (χ4v) is 1.94. The van der Waals surface area contributed by atoms with Crippen molar-refractivity contribution in [1.82, 2.24) is 4.90 Å². The van der Waals surface area contributed by atoms with Gasteiger partial charge >= 0.3 is 6.61 Å². The molecule has 23 heavy (non-hydrogen) atoms. The molecular weight excluding hydrogens is 330 g/mol. The Kier molecular flexibility index (Phi) is 6.99. The van der Waals surface area contributed by atoms with Crippen molar-refractivity contribution >= 4 is 18.3 Å². The van der Waals surface area contributed by atoms with Gasteiger partial charge in [0.2, 0.25) is 0 Å². The Hall–Kier alpha value is -2.12. The Morgan fingerprint density at radius 2 is 2.00 bits per heavy atom. The molecule has 5 nitrogen and oxygen atoms in total. The highest BCUT2D eigenvalue weighted by Gasteiger charge is 2.15. The van der Waals surface area contributed by atoms with Gasteiger partial charge in [0.05, 0.1) is 12.1 Å². The zero-order valence-electron chi connectivity index (χ0n) is 12.4. The molecule has 0 unspecified atom stereocenters. The van der Waals surface area contributed by atoms with Gasteiger partial charge in [-0.25, -0.2) is 0 Å². The molecule has 1 aromatic carbocycles. The molecule has 0 bridgehead atoms. The van der Waals surface area contributed by atoms with Crippen LogP contribution < -0.4 is 10.5 Å². The number of carbonyl (C=O) groups excluding carboxylic acids is 1. The van der Waals surface area contributed by atoms with Crippen molar-refractivity contribution in [2.45, 2.75) is 19.7 Å². The lowest BCUT2D eigenvalue weighted by atomic mass is 10.2. The number of ether oxygens (including phenoxy) is 1. The second-order valence-corrected chi connectivity index (χ2v) is 4.69. The van der Waals surface area contributed by atoms with Gasteiger partial charge in [-0.05, 0) is 23.8 Å². The fraction of sp³-hybridized carbons (Fsp3) is 0.267. The first-order valence-electron chi connectivity index (χ1n) is 6.56. The number of amides is 1. The van der Waals surface area contributed by atoms with Gasteiger partial charge in [0.15, 0.2) is 0 Å². The van der Waals surface area contributed by atoms with E-state index in [9.17, 15) is 13.6 Å². The second kappa shape index (κ2) is 8.50. The molecule has 0 saturated carbocycles. The van der Waals surface area contributed by atoms with Gasteiger partial charge in [-0.1, -0.05) is 12.1 Å². The summed E-state index contributed by atoms with van der Waals surface area (Å²) in [4.78, 5) is 13.7. The monoisotopic (exact) mass is 346 g/mol. The molecule has 0 radical (unpaired) electrons. The zero-order valence-corrected chi connectivity index (χ0v) is 13.2. The maximum atomic E-state index is 12.2. The largest absolute Gasteiger partial charge is 0.467 e.